The summed E-state index contributed by atoms with van der Waals surface area (Å²) >= 11 is 5.82. The van der Waals surface area contributed by atoms with Gasteiger partial charge in [0.05, 0.1) is 5.57 Å². The Balaban J connectivity index is 1.88. The normalized spacial score (nSPS) is 15.2. The fourth-order valence-corrected chi connectivity index (χ4v) is 2.11. The molecule has 1 aliphatic rings. The molecule has 2 aromatic carbocycles. The van der Waals surface area contributed by atoms with Crippen LogP contribution < -0.4 is 10.6 Å². The summed E-state index contributed by atoms with van der Waals surface area (Å²) in [5.41, 5.74) is 3.27. The summed E-state index contributed by atoms with van der Waals surface area (Å²) in [6.45, 7) is 0. The minimum Gasteiger partial charge on any atom is -0.361 e. The lowest BCUT2D eigenvalue weighted by Gasteiger charge is -2.02. The average molecular weight is 271 g/mol. The third kappa shape index (κ3) is 2.33. The van der Waals surface area contributed by atoms with E-state index in [0.29, 0.717) is 10.6 Å². The third-order valence-electron chi connectivity index (χ3n) is 2.94. The highest BCUT2D eigenvalue weighted by atomic mass is 35.5. The molecule has 0 saturated heterocycles. The maximum absolute atomic E-state index is 11.9. The minimum absolute atomic E-state index is 0.0948. The Bertz CT molecular complexity index is 662. The molecule has 0 aromatic heterocycles. The van der Waals surface area contributed by atoms with Crippen LogP contribution in [-0.4, -0.2) is 5.91 Å². The van der Waals surface area contributed by atoms with Crippen LogP contribution in [0, 0.1) is 0 Å². The van der Waals surface area contributed by atoms with E-state index in [1.165, 1.54) is 0 Å². The van der Waals surface area contributed by atoms with E-state index in [-0.39, 0.29) is 5.91 Å². The first-order valence-corrected chi connectivity index (χ1v) is 6.25. The van der Waals surface area contributed by atoms with Gasteiger partial charge in [-0.3, -0.25) is 4.79 Å². The smallest absolute Gasteiger partial charge is 0.257 e. The summed E-state index contributed by atoms with van der Waals surface area (Å²) in [4.78, 5) is 11.9. The van der Waals surface area contributed by atoms with Gasteiger partial charge < -0.3 is 10.6 Å². The summed E-state index contributed by atoms with van der Waals surface area (Å²) in [5.74, 6) is -0.0948. The van der Waals surface area contributed by atoms with Crippen molar-refractivity contribution in [1.82, 2.24) is 0 Å². The lowest BCUT2D eigenvalue weighted by molar-refractivity contribution is -0.110. The summed E-state index contributed by atoms with van der Waals surface area (Å²) in [6.07, 6.45) is 1.71. The van der Waals surface area contributed by atoms with Crippen molar-refractivity contribution in [2.24, 2.45) is 0 Å². The molecule has 3 rings (SSSR count). The molecular formula is C15H11ClN2O. The molecule has 4 heteroatoms. The molecule has 0 spiro atoms. The van der Waals surface area contributed by atoms with Crippen LogP contribution >= 0.6 is 11.6 Å². The van der Waals surface area contributed by atoms with Crippen LogP contribution in [0.3, 0.4) is 0 Å². The van der Waals surface area contributed by atoms with E-state index in [2.05, 4.69) is 10.6 Å². The Kier molecular flexibility index (Phi) is 2.97. The molecule has 0 bridgehead atoms. The highest BCUT2D eigenvalue weighted by Gasteiger charge is 2.23. The summed E-state index contributed by atoms with van der Waals surface area (Å²) in [5, 5.41) is 6.61. The largest absolute Gasteiger partial charge is 0.361 e. The molecule has 0 aliphatic carbocycles. The lowest BCUT2D eigenvalue weighted by atomic mass is 10.1. The molecule has 1 amide bonds. The van der Waals surface area contributed by atoms with Gasteiger partial charge in [-0.15, -0.1) is 0 Å². The fraction of sp³-hybridized carbons (Fsp3) is 0. The number of hydrogen-bond donors (Lipinski definition) is 2. The number of para-hydroxylation sites is 1. The first kappa shape index (κ1) is 11.8. The van der Waals surface area contributed by atoms with Crippen LogP contribution in [0.5, 0.6) is 0 Å². The Labute approximate surface area is 115 Å². The van der Waals surface area contributed by atoms with E-state index in [4.69, 9.17) is 11.6 Å². The number of benzene rings is 2. The highest BCUT2D eigenvalue weighted by molar-refractivity contribution is 6.31. The van der Waals surface area contributed by atoms with E-state index in [9.17, 15) is 4.79 Å². The van der Waals surface area contributed by atoms with Gasteiger partial charge in [-0.1, -0.05) is 29.8 Å². The van der Waals surface area contributed by atoms with Crippen LogP contribution in [0.25, 0.3) is 5.57 Å². The molecule has 94 valence electrons. The van der Waals surface area contributed by atoms with Crippen molar-refractivity contribution in [3.05, 3.63) is 65.3 Å². The number of rotatable bonds is 2. The zero-order valence-corrected chi connectivity index (χ0v) is 10.7. The second-order valence-electron chi connectivity index (χ2n) is 4.21. The number of anilines is 2. The fourth-order valence-electron chi connectivity index (χ4n) is 1.98. The van der Waals surface area contributed by atoms with Gasteiger partial charge in [0, 0.05) is 28.2 Å². The molecule has 3 nitrogen and oxygen atoms in total. The quantitative estimate of drug-likeness (QED) is 0.816. The predicted molar refractivity (Wildman–Crippen MR) is 78.1 cm³/mol. The van der Waals surface area contributed by atoms with Gasteiger partial charge in [0.1, 0.15) is 0 Å². The van der Waals surface area contributed by atoms with Crippen molar-refractivity contribution >= 4 is 34.5 Å². The maximum Gasteiger partial charge on any atom is 0.257 e. The van der Waals surface area contributed by atoms with Gasteiger partial charge in [0.25, 0.3) is 5.91 Å². The van der Waals surface area contributed by atoms with Gasteiger partial charge in [-0.05, 0) is 30.3 Å². The van der Waals surface area contributed by atoms with Crippen LogP contribution in [-0.2, 0) is 4.79 Å². The van der Waals surface area contributed by atoms with Gasteiger partial charge in [-0.25, -0.2) is 0 Å². The second-order valence-corrected chi connectivity index (χ2v) is 4.65. The molecular weight excluding hydrogens is 260 g/mol. The van der Waals surface area contributed by atoms with Gasteiger partial charge in [-0.2, -0.15) is 0 Å². The Morgan fingerprint density at radius 3 is 2.58 bits per heavy atom. The molecule has 0 radical (unpaired) electrons. The average Bonchev–Trinajstić information content (AvgIpc) is 2.74. The van der Waals surface area contributed by atoms with Crippen LogP contribution in [0.15, 0.2) is 54.7 Å². The molecule has 1 aliphatic heterocycles. The van der Waals surface area contributed by atoms with Crippen molar-refractivity contribution in [3.8, 4) is 0 Å². The Morgan fingerprint density at radius 2 is 1.79 bits per heavy atom. The number of carbonyl (C=O) groups excluding carboxylic acids is 1. The zero-order valence-electron chi connectivity index (χ0n) is 9.98. The highest BCUT2D eigenvalue weighted by Crippen LogP contribution is 2.31. The van der Waals surface area contributed by atoms with Crippen molar-refractivity contribution < 1.29 is 4.79 Å². The number of hydrogen-bond acceptors (Lipinski definition) is 2. The topological polar surface area (TPSA) is 41.1 Å². The second kappa shape index (κ2) is 4.78. The van der Waals surface area contributed by atoms with Crippen molar-refractivity contribution in [3.63, 3.8) is 0 Å². The van der Waals surface area contributed by atoms with Crippen molar-refractivity contribution in [2.75, 3.05) is 10.6 Å². The number of carbonyl (C=O) groups is 1. The number of fused-ring (bicyclic) bond motifs is 1. The molecule has 0 fully saturated rings. The molecule has 1 heterocycles. The standard InChI is InChI=1S/C15H11ClN2O/c16-10-5-7-11(8-6-10)17-9-13-12-3-1-2-4-14(12)18-15(13)19/h1-9,17H,(H,18,19). The number of amides is 1. The van der Waals surface area contributed by atoms with E-state index in [1.54, 1.807) is 18.3 Å². The van der Waals surface area contributed by atoms with Crippen LogP contribution in [0.1, 0.15) is 5.56 Å². The third-order valence-corrected chi connectivity index (χ3v) is 3.19. The SMILES string of the molecule is O=C1Nc2ccccc2C1=CNc1ccc(Cl)cc1. The van der Waals surface area contributed by atoms with Crippen molar-refractivity contribution in [2.45, 2.75) is 0 Å². The first-order valence-electron chi connectivity index (χ1n) is 5.87. The van der Waals surface area contributed by atoms with E-state index >= 15 is 0 Å². The monoisotopic (exact) mass is 270 g/mol. The lowest BCUT2D eigenvalue weighted by Crippen LogP contribution is -2.05. The predicted octanol–water partition coefficient (Wildman–Crippen LogP) is 3.75. The van der Waals surface area contributed by atoms with Crippen molar-refractivity contribution in [1.29, 1.82) is 0 Å². The Hall–Kier alpha value is -2.26. The summed E-state index contributed by atoms with van der Waals surface area (Å²) in [7, 11) is 0. The van der Waals surface area contributed by atoms with E-state index in [0.717, 1.165) is 16.9 Å². The molecule has 0 atom stereocenters. The zero-order chi connectivity index (χ0) is 13.2. The van der Waals surface area contributed by atoms with Crippen LogP contribution in [0.4, 0.5) is 11.4 Å². The van der Waals surface area contributed by atoms with Gasteiger partial charge in [0.15, 0.2) is 0 Å². The molecule has 0 saturated carbocycles. The summed E-state index contributed by atoms with van der Waals surface area (Å²) in [6, 6.07) is 14.9. The molecule has 2 N–H and O–H groups in total. The minimum atomic E-state index is -0.0948. The number of halogens is 1. The van der Waals surface area contributed by atoms with E-state index in [1.807, 2.05) is 36.4 Å². The van der Waals surface area contributed by atoms with Crippen LogP contribution in [0.2, 0.25) is 5.02 Å². The summed E-state index contributed by atoms with van der Waals surface area (Å²) < 4.78 is 0. The maximum atomic E-state index is 11.9. The Morgan fingerprint density at radius 1 is 1.05 bits per heavy atom. The molecule has 0 unspecified atom stereocenters. The first-order chi connectivity index (χ1) is 9.24. The number of nitrogens with one attached hydrogen (secondary N) is 2. The van der Waals surface area contributed by atoms with E-state index < -0.39 is 0 Å². The van der Waals surface area contributed by atoms with Gasteiger partial charge >= 0.3 is 0 Å². The molecule has 19 heavy (non-hydrogen) atoms. The molecule has 2 aromatic rings. The van der Waals surface area contributed by atoms with Gasteiger partial charge in [0.2, 0.25) is 0 Å².